The SMILES string of the molecule is N#Cc1nn(-c2ccc3ccccc3c2)c2oc3nccnc3c12. The third-order valence-electron chi connectivity index (χ3n) is 4.02. The second kappa shape index (κ2) is 4.64. The summed E-state index contributed by atoms with van der Waals surface area (Å²) in [6.45, 7) is 0. The molecule has 5 aromatic rings. The molecule has 0 saturated heterocycles. The van der Waals surface area contributed by atoms with Gasteiger partial charge in [-0.15, -0.1) is 0 Å². The van der Waals surface area contributed by atoms with E-state index in [-0.39, 0.29) is 5.69 Å². The third-order valence-corrected chi connectivity index (χ3v) is 4.02. The van der Waals surface area contributed by atoms with Gasteiger partial charge in [-0.3, -0.25) is 0 Å². The van der Waals surface area contributed by atoms with Crippen molar-refractivity contribution in [1.82, 2.24) is 19.7 Å². The molecular formula is C18H9N5O. The van der Waals surface area contributed by atoms with Crippen LogP contribution in [0.2, 0.25) is 0 Å². The van der Waals surface area contributed by atoms with E-state index in [9.17, 15) is 5.26 Å². The monoisotopic (exact) mass is 311 g/mol. The molecular weight excluding hydrogens is 302 g/mol. The van der Waals surface area contributed by atoms with Crippen LogP contribution in [0.15, 0.2) is 59.3 Å². The van der Waals surface area contributed by atoms with Crippen molar-refractivity contribution in [2.24, 2.45) is 0 Å². The maximum Gasteiger partial charge on any atom is 0.248 e. The van der Waals surface area contributed by atoms with Gasteiger partial charge in [-0.2, -0.15) is 15.0 Å². The Morgan fingerprint density at radius 3 is 2.71 bits per heavy atom. The van der Waals surface area contributed by atoms with Crippen LogP contribution in [-0.4, -0.2) is 19.7 Å². The second-order valence-corrected chi connectivity index (χ2v) is 5.40. The van der Waals surface area contributed by atoms with Crippen molar-refractivity contribution < 1.29 is 4.42 Å². The van der Waals surface area contributed by atoms with Crippen LogP contribution < -0.4 is 0 Å². The molecule has 0 aliphatic carbocycles. The van der Waals surface area contributed by atoms with Gasteiger partial charge in [0.15, 0.2) is 5.69 Å². The molecule has 0 atom stereocenters. The molecule has 0 amide bonds. The Morgan fingerprint density at radius 2 is 1.83 bits per heavy atom. The van der Waals surface area contributed by atoms with Crippen LogP contribution in [0.3, 0.4) is 0 Å². The quantitative estimate of drug-likeness (QED) is 0.472. The lowest BCUT2D eigenvalue weighted by Crippen LogP contribution is -1.96. The van der Waals surface area contributed by atoms with Gasteiger partial charge in [0.25, 0.3) is 0 Å². The number of nitriles is 1. The molecule has 0 saturated carbocycles. The first-order chi connectivity index (χ1) is 11.8. The zero-order chi connectivity index (χ0) is 16.1. The number of hydrogen-bond donors (Lipinski definition) is 0. The number of fused-ring (bicyclic) bond motifs is 4. The van der Waals surface area contributed by atoms with Crippen LogP contribution >= 0.6 is 0 Å². The average Bonchev–Trinajstić information content (AvgIpc) is 3.18. The molecule has 0 spiro atoms. The lowest BCUT2D eigenvalue weighted by Gasteiger charge is -2.03. The number of furan rings is 1. The minimum absolute atomic E-state index is 0.275. The van der Waals surface area contributed by atoms with Crippen LogP contribution in [0.25, 0.3) is 38.8 Å². The number of rotatable bonds is 1. The van der Waals surface area contributed by atoms with Gasteiger partial charge in [-0.1, -0.05) is 30.3 Å². The normalized spacial score (nSPS) is 11.3. The predicted octanol–water partition coefficient (Wildman–Crippen LogP) is 3.59. The standard InChI is InChI=1S/C18H9N5O/c19-10-14-15-16-17(21-8-7-20-16)24-18(15)23(22-14)13-6-5-11-3-1-2-4-12(11)9-13/h1-9H. The molecule has 0 bridgehead atoms. The van der Waals surface area contributed by atoms with E-state index in [0.29, 0.717) is 22.3 Å². The van der Waals surface area contributed by atoms with Gasteiger partial charge >= 0.3 is 0 Å². The molecule has 24 heavy (non-hydrogen) atoms. The first kappa shape index (κ1) is 12.8. The summed E-state index contributed by atoms with van der Waals surface area (Å²) in [5.74, 6) is 0. The van der Waals surface area contributed by atoms with Crippen molar-refractivity contribution in [2.45, 2.75) is 0 Å². The summed E-state index contributed by atoms with van der Waals surface area (Å²) in [6.07, 6.45) is 3.14. The van der Waals surface area contributed by atoms with Gasteiger partial charge in [0.05, 0.1) is 5.69 Å². The highest BCUT2D eigenvalue weighted by Crippen LogP contribution is 2.30. The molecule has 0 radical (unpaired) electrons. The zero-order valence-corrected chi connectivity index (χ0v) is 12.3. The average molecular weight is 311 g/mol. The van der Waals surface area contributed by atoms with Crippen molar-refractivity contribution in [3.05, 3.63) is 60.6 Å². The first-order valence-corrected chi connectivity index (χ1v) is 7.37. The molecule has 0 unspecified atom stereocenters. The molecule has 112 valence electrons. The van der Waals surface area contributed by atoms with Crippen LogP contribution in [-0.2, 0) is 0 Å². The summed E-state index contributed by atoms with van der Waals surface area (Å²) in [5, 5.41) is 16.6. The second-order valence-electron chi connectivity index (χ2n) is 5.40. The predicted molar refractivity (Wildman–Crippen MR) is 88.7 cm³/mol. The Bertz CT molecular complexity index is 1280. The molecule has 0 N–H and O–H groups in total. The number of benzene rings is 2. The Hall–Kier alpha value is -3.72. The fourth-order valence-corrected chi connectivity index (χ4v) is 2.94. The van der Waals surface area contributed by atoms with Gasteiger partial charge in [0, 0.05) is 12.4 Å². The fourth-order valence-electron chi connectivity index (χ4n) is 2.94. The first-order valence-electron chi connectivity index (χ1n) is 7.37. The maximum atomic E-state index is 9.43. The zero-order valence-electron chi connectivity index (χ0n) is 12.3. The molecule has 6 heteroatoms. The van der Waals surface area contributed by atoms with Crippen LogP contribution in [0.1, 0.15) is 5.69 Å². The van der Waals surface area contributed by atoms with Crippen molar-refractivity contribution in [3.8, 4) is 11.8 Å². The number of hydrogen-bond acceptors (Lipinski definition) is 5. The third kappa shape index (κ3) is 1.66. The van der Waals surface area contributed by atoms with Crippen molar-refractivity contribution in [2.75, 3.05) is 0 Å². The lowest BCUT2D eigenvalue weighted by atomic mass is 10.1. The summed E-state index contributed by atoms with van der Waals surface area (Å²) >= 11 is 0. The molecule has 5 rings (SSSR count). The summed E-state index contributed by atoms with van der Waals surface area (Å²) in [5.41, 5.74) is 2.52. The molecule has 0 aliphatic rings. The maximum absolute atomic E-state index is 9.43. The minimum Gasteiger partial charge on any atom is -0.417 e. The van der Waals surface area contributed by atoms with E-state index >= 15 is 0 Å². The van der Waals surface area contributed by atoms with Crippen LogP contribution in [0.4, 0.5) is 0 Å². The van der Waals surface area contributed by atoms with Gasteiger partial charge in [0.2, 0.25) is 11.4 Å². The van der Waals surface area contributed by atoms with E-state index in [1.165, 1.54) is 0 Å². The minimum atomic E-state index is 0.275. The van der Waals surface area contributed by atoms with E-state index in [1.807, 2.05) is 42.5 Å². The Balaban J connectivity index is 1.87. The van der Waals surface area contributed by atoms with Gasteiger partial charge < -0.3 is 4.42 Å². The van der Waals surface area contributed by atoms with E-state index in [2.05, 4.69) is 21.1 Å². The van der Waals surface area contributed by atoms with E-state index < -0.39 is 0 Å². The topological polar surface area (TPSA) is 80.5 Å². The fraction of sp³-hybridized carbons (Fsp3) is 0. The molecule has 6 nitrogen and oxygen atoms in total. The van der Waals surface area contributed by atoms with Gasteiger partial charge in [-0.25, -0.2) is 9.97 Å². The van der Waals surface area contributed by atoms with Crippen molar-refractivity contribution >= 4 is 33.1 Å². The largest absolute Gasteiger partial charge is 0.417 e. The Labute approximate surface area is 135 Å². The lowest BCUT2D eigenvalue weighted by molar-refractivity contribution is 0.616. The number of nitrogens with zero attached hydrogens (tertiary/aromatic N) is 5. The molecule has 0 fully saturated rings. The van der Waals surface area contributed by atoms with E-state index in [1.54, 1.807) is 17.1 Å². The highest BCUT2D eigenvalue weighted by atomic mass is 16.4. The Morgan fingerprint density at radius 1 is 1.00 bits per heavy atom. The van der Waals surface area contributed by atoms with Crippen LogP contribution in [0.5, 0.6) is 0 Å². The van der Waals surface area contributed by atoms with Gasteiger partial charge in [-0.05, 0) is 22.9 Å². The highest BCUT2D eigenvalue weighted by molar-refractivity contribution is 6.03. The van der Waals surface area contributed by atoms with Gasteiger partial charge in [0.1, 0.15) is 17.0 Å². The van der Waals surface area contributed by atoms with Crippen molar-refractivity contribution in [1.29, 1.82) is 5.26 Å². The van der Waals surface area contributed by atoms with Crippen molar-refractivity contribution in [3.63, 3.8) is 0 Å². The smallest absolute Gasteiger partial charge is 0.248 e. The van der Waals surface area contributed by atoms with Crippen LogP contribution in [0, 0.1) is 11.3 Å². The Kier molecular flexibility index (Phi) is 2.47. The molecule has 3 aromatic heterocycles. The summed E-state index contributed by atoms with van der Waals surface area (Å²) in [4.78, 5) is 8.45. The summed E-state index contributed by atoms with van der Waals surface area (Å²) in [7, 11) is 0. The molecule has 0 aliphatic heterocycles. The van der Waals surface area contributed by atoms with E-state index in [4.69, 9.17) is 4.42 Å². The summed E-state index contributed by atoms with van der Waals surface area (Å²) < 4.78 is 7.44. The highest BCUT2D eigenvalue weighted by Gasteiger charge is 2.21. The summed E-state index contributed by atoms with van der Waals surface area (Å²) in [6, 6.07) is 16.2. The molecule has 3 heterocycles. The van der Waals surface area contributed by atoms with E-state index in [0.717, 1.165) is 16.5 Å². The molecule has 2 aromatic carbocycles. The number of aromatic nitrogens is 4.